The van der Waals surface area contributed by atoms with Gasteiger partial charge in [-0.25, -0.2) is 14.4 Å². The molecule has 2 aliphatic heterocycles. The Kier molecular flexibility index (Phi) is 13.4. The van der Waals surface area contributed by atoms with E-state index in [9.17, 15) is 40.7 Å². The third-order valence-corrected chi connectivity index (χ3v) is 7.30. The topological polar surface area (TPSA) is 172 Å². The van der Waals surface area contributed by atoms with Crippen molar-refractivity contribution in [3.63, 3.8) is 0 Å². The van der Waals surface area contributed by atoms with Crippen LogP contribution in [0.2, 0.25) is 0 Å². The summed E-state index contributed by atoms with van der Waals surface area (Å²) in [6.07, 6.45) is -8.84. The highest BCUT2D eigenvalue weighted by Crippen LogP contribution is 2.44. The maximum absolute atomic E-state index is 13.3. The number of fused-ring (bicyclic) bond motifs is 1. The molecule has 4 N–H and O–H groups in total. The lowest BCUT2D eigenvalue weighted by atomic mass is 9.80. The van der Waals surface area contributed by atoms with E-state index >= 15 is 0 Å². The minimum absolute atomic E-state index is 0.0629. The first kappa shape index (κ1) is 40.1. The number of amides is 3. The second kappa shape index (κ2) is 16.4. The van der Waals surface area contributed by atoms with E-state index in [1.54, 1.807) is 20.8 Å². The largest absolute Gasteiger partial charge is 0.490 e. The van der Waals surface area contributed by atoms with Crippen molar-refractivity contribution in [1.82, 2.24) is 15.5 Å². The van der Waals surface area contributed by atoms with Gasteiger partial charge >= 0.3 is 30.4 Å². The van der Waals surface area contributed by atoms with Crippen molar-refractivity contribution in [3.05, 3.63) is 65.7 Å². The Bertz CT molecular complexity index is 1450. The number of alkyl carbamates (subject to hydrolysis) is 1. The van der Waals surface area contributed by atoms with Crippen LogP contribution in [0.25, 0.3) is 0 Å². The minimum Gasteiger partial charge on any atom is -0.487 e. The van der Waals surface area contributed by atoms with Gasteiger partial charge in [-0.05, 0) is 25.5 Å². The van der Waals surface area contributed by atoms with E-state index in [4.69, 9.17) is 29.3 Å². The van der Waals surface area contributed by atoms with Crippen molar-refractivity contribution in [2.75, 3.05) is 13.1 Å². The number of piperidine rings is 1. The Hall–Kier alpha value is -5.03. The summed E-state index contributed by atoms with van der Waals surface area (Å²) in [4.78, 5) is 57.1. The number of carboxylic acids is 2. The quantitative estimate of drug-likeness (QED) is 0.313. The SMILES string of the molecule is CC(=O)N1CCC2(CC1)CC(NC(=O)C(C)(C)NC(=O)OCc1ccccc1)c1ccccc1O2.O=C(O)C(F)(F)F.O=C(O)C(F)(F)F. The molecule has 2 heterocycles. The molecule has 49 heavy (non-hydrogen) atoms. The zero-order chi connectivity index (χ0) is 37.2. The Morgan fingerprint density at radius 1 is 0.878 bits per heavy atom. The third-order valence-electron chi connectivity index (χ3n) is 7.30. The van der Waals surface area contributed by atoms with Crippen LogP contribution in [0, 0.1) is 0 Å². The molecule has 1 atom stereocenters. The van der Waals surface area contributed by atoms with Crippen LogP contribution < -0.4 is 15.4 Å². The number of aliphatic carboxylic acids is 2. The molecule has 1 spiro atoms. The van der Waals surface area contributed by atoms with Crippen LogP contribution in [-0.4, -0.2) is 81.5 Å². The summed E-state index contributed by atoms with van der Waals surface area (Å²) in [5.41, 5.74) is 0.129. The van der Waals surface area contributed by atoms with E-state index in [0.717, 1.165) is 16.9 Å². The summed E-state index contributed by atoms with van der Waals surface area (Å²) in [7, 11) is 0. The number of ether oxygens (including phenoxy) is 2. The molecule has 1 unspecified atom stereocenters. The zero-order valence-electron chi connectivity index (χ0n) is 26.5. The third kappa shape index (κ3) is 12.5. The fraction of sp³-hybridized carbons (Fsp3) is 0.452. The van der Waals surface area contributed by atoms with E-state index in [1.165, 1.54) is 0 Å². The van der Waals surface area contributed by atoms with E-state index in [0.29, 0.717) is 32.4 Å². The number of carbonyl (C=O) groups excluding carboxylic acids is 3. The van der Waals surface area contributed by atoms with E-state index < -0.39 is 41.5 Å². The minimum atomic E-state index is -5.08. The van der Waals surface area contributed by atoms with Gasteiger partial charge in [-0.2, -0.15) is 26.3 Å². The molecule has 3 amide bonds. The van der Waals surface area contributed by atoms with Gasteiger partial charge in [0.25, 0.3) is 0 Å². The molecule has 1 saturated heterocycles. The number of rotatable bonds is 5. The molecule has 270 valence electrons. The molecule has 18 heteroatoms. The average molecular weight is 708 g/mol. The Morgan fingerprint density at radius 2 is 1.37 bits per heavy atom. The van der Waals surface area contributed by atoms with Crippen molar-refractivity contribution in [2.45, 2.75) is 76.2 Å². The highest BCUT2D eigenvalue weighted by atomic mass is 19.4. The van der Waals surface area contributed by atoms with Gasteiger partial charge in [0, 0.05) is 44.8 Å². The molecular formula is C31H35F6N3O9. The molecule has 1 fully saturated rings. The molecular weight excluding hydrogens is 672 g/mol. The number of carbonyl (C=O) groups is 5. The molecule has 0 saturated carbocycles. The van der Waals surface area contributed by atoms with Gasteiger partial charge in [-0.1, -0.05) is 48.5 Å². The number of halogens is 6. The standard InChI is InChI=1S/C27H33N3O5.2C2HF3O2/c1-19(31)30-15-13-27(14-16-30)17-22(21-11-7-8-12-23(21)35-27)28-24(32)26(2,3)29-25(33)34-18-20-9-5-4-6-10-20;2*3-2(4,5)1(6)7/h4-12,22H,13-18H2,1-3H3,(H,28,32)(H,29,33);2*(H,6,7). The maximum atomic E-state index is 13.3. The Balaban J connectivity index is 0.000000500. The Labute approximate surface area is 276 Å². The number of alkyl halides is 6. The summed E-state index contributed by atoms with van der Waals surface area (Å²) < 4.78 is 75.2. The molecule has 0 bridgehead atoms. The summed E-state index contributed by atoms with van der Waals surface area (Å²) in [6.45, 7) is 6.25. The first-order valence-electron chi connectivity index (χ1n) is 14.5. The van der Waals surface area contributed by atoms with Crippen LogP contribution in [0.15, 0.2) is 54.6 Å². The summed E-state index contributed by atoms with van der Waals surface area (Å²) in [5, 5.41) is 20.1. The predicted molar refractivity (Wildman–Crippen MR) is 158 cm³/mol. The van der Waals surface area contributed by atoms with Crippen LogP contribution in [0.3, 0.4) is 0 Å². The predicted octanol–water partition coefficient (Wildman–Crippen LogP) is 4.98. The number of benzene rings is 2. The number of nitrogens with zero attached hydrogens (tertiary/aromatic N) is 1. The molecule has 12 nitrogen and oxygen atoms in total. The lowest BCUT2D eigenvalue weighted by molar-refractivity contribution is -0.193. The normalized spacial score (nSPS) is 16.6. The van der Waals surface area contributed by atoms with E-state index in [1.807, 2.05) is 59.5 Å². The number of hydrogen-bond donors (Lipinski definition) is 4. The van der Waals surface area contributed by atoms with Crippen molar-refractivity contribution in [3.8, 4) is 5.75 Å². The molecule has 4 rings (SSSR count). The monoisotopic (exact) mass is 707 g/mol. The van der Waals surface area contributed by atoms with Crippen molar-refractivity contribution in [1.29, 1.82) is 0 Å². The highest BCUT2D eigenvalue weighted by molar-refractivity contribution is 5.89. The first-order chi connectivity index (χ1) is 22.6. The number of likely N-dealkylation sites (tertiary alicyclic amines) is 1. The summed E-state index contributed by atoms with van der Waals surface area (Å²) >= 11 is 0. The molecule has 0 radical (unpaired) electrons. The fourth-order valence-corrected chi connectivity index (χ4v) is 4.69. The fourth-order valence-electron chi connectivity index (χ4n) is 4.69. The van der Waals surface area contributed by atoms with Crippen LogP contribution >= 0.6 is 0 Å². The van der Waals surface area contributed by atoms with Crippen molar-refractivity contribution in [2.24, 2.45) is 0 Å². The van der Waals surface area contributed by atoms with E-state index in [2.05, 4.69) is 10.6 Å². The molecule has 0 aliphatic carbocycles. The number of nitrogens with one attached hydrogen (secondary N) is 2. The molecule has 2 aliphatic rings. The lowest BCUT2D eigenvalue weighted by Gasteiger charge is -2.47. The van der Waals surface area contributed by atoms with Gasteiger partial charge in [0.15, 0.2) is 0 Å². The van der Waals surface area contributed by atoms with Crippen LogP contribution in [0.4, 0.5) is 31.1 Å². The van der Waals surface area contributed by atoms with Crippen LogP contribution in [0.5, 0.6) is 5.75 Å². The Morgan fingerprint density at radius 3 is 1.86 bits per heavy atom. The number of para-hydroxylation sites is 1. The summed E-state index contributed by atoms with van der Waals surface area (Å²) in [6, 6.07) is 16.8. The molecule has 2 aromatic carbocycles. The van der Waals surface area contributed by atoms with Crippen LogP contribution in [-0.2, 0) is 30.5 Å². The second-order valence-electron chi connectivity index (χ2n) is 11.5. The number of hydrogen-bond acceptors (Lipinski definition) is 7. The van der Waals surface area contributed by atoms with E-state index in [-0.39, 0.29) is 24.5 Å². The van der Waals surface area contributed by atoms with Gasteiger partial charge in [-0.15, -0.1) is 0 Å². The smallest absolute Gasteiger partial charge is 0.487 e. The lowest BCUT2D eigenvalue weighted by Crippen LogP contribution is -2.57. The first-order valence-corrected chi connectivity index (χ1v) is 14.5. The number of carboxylic acid groups (broad SMARTS) is 2. The van der Waals surface area contributed by atoms with Crippen molar-refractivity contribution >= 4 is 29.8 Å². The maximum Gasteiger partial charge on any atom is 0.490 e. The van der Waals surface area contributed by atoms with Crippen LogP contribution in [0.1, 0.15) is 57.2 Å². The van der Waals surface area contributed by atoms with Gasteiger partial charge in [-0.3, -0.25) is 9.59 Å². The molecule has 0 aromatic heterocycles. The van der Waals surface area contributed by atoms with Gasteiger partial charge in [0.2, 0.25) is 11.8 Å². The van der Waals surface area contributed by atoms with Gasteiger partial charge in [0.1, 0.15) is 23.5 Å². The average Bonchev–Trinajstić information content (AvgIpc) is 3.00. The summed E-state index contributed by atoms with van der Waals surface area (Å²) in [5.74, 6) is -5.02. The van der Waals surface area contributed by atoms with Gasteiger partial charge < -0.3 is 35.2 Å². The second-order valence-corrected chi connectivity index (χ2v) is 11.5. The van der Waals surface area contributed by atoms with Crippen molar-refractivity contribution < 1.29 is 70.0 Å². The van der Waals surface area contributed by atoms with Gasteiger partial charge in [0.05, 0.1) is 6.04 Å². The molecule has 2 aromatic rings. The highest BCUT2D eigenvalue weighted by Gasteiger charge is 2.45. The zero-order valence-corrected chi connectivity index (χ0v) is 26.5.